The predicted molar refractivity (Wildman–Crippen MR) is 93.6 cm³/mol. The van der Waals surface area contributed by atoms with Crippen LogP contribution in [0.1, 0.15) is 23.0 Å². The molecule has 0 aliphatic heterocycles. The van der Waals surface area contributed by atoms with Crippen molar-refractivity contribution in [3.05, 3.63) is 64.7 Å². The van der Waals surface area contributed by atoms with Gasteiger partial charge in [-0.05, 0) is 47.1 Å². The lowest BCUT2D eigenvalue weighted by molar-refractivity contribution is -0.140. The van der Waals surface area contributed by atoms with Gasteiger partial charge >= 0.3 is 5.97 Å². The summed E-state index contributed by atoms with van der Waals surface area (Å²) in [7, 11) is 0. The number of H-pyrrole nitrogens is 1. The summed E-state index contributed by atoms with van der Waals surface area (Å²) in [5, 5.41) is 0.807. The van der Waals surface area contributed by atoms with Gasteiger partial charge in [-0.2, -0.15) is 0 Å². The van der Waals surface area contributed by atoms with Crippen LogP contribution < -0.4 is 0 Å². The Labute approximate surface area is 146 Å². The Balaban J connectivity index is 1.67. The molecule has 0 radical (unpaired) electrons. The normalized spacial score (nSPS) is 12.6. The summed E-state index contributed by atoms with van der Waals surface area (Å²) >= 11 is 3.18. The van der Waals surface area contributed by atoms with Crippen LogP contribution in [-0.2, 0) is 9.53 Å². The Morgan fingerprint density at radius 3 is 2.79 bits per heavy atom. The fraction of sp³-hybridized carbons (Fsp3) is 0.111. The summed E-state index contributed by atoms with van der Waals surface area (Å²) in [5.74, 6) is -0.354. The minimum atomic E-state index is -0.885. The maximum Gasteiger partial charge on any atom is 0.331 e. The maximum absolute atomic E-state index is 12.5. The number of nitrogens with one attached hydrogen (secondary N) is 1. The van der Waals surface area contributed by atoms with Gasteiger partial charge in [0, 0.05) is 28.7 Å². The van der Waals surface area contributed by atoms with Gasteiger partial charge < -0.3 is 14.1 Å². The van der Waals surface area contributed by atoms with Crippen LogP contribution in [0.2, 0.25) is 0 Å². The van der Waals surface area contributed by atoms with Crippen molar-refractivity contribution >= 4 is 44.7 Å². The third kappa shape index (κ3) is 3.49. The molecule has 0 spiro atoms. The second-order valence-electron chi connectivity index (χ2n) is 5.17. The van der Waals surface area contributed by atoms with Crippen molar-refractivity contribution in [3.63, 3.8) is 0 Å². The molecule has 24 heavy (non-hydrogen) atoms. The number of hydrogen-bond acceptors (Lipinski definition) is 4. The highest BCUT2D eigenvalue weighted by molar-refractivity contribution is 9.10. The molecule has 0 aliphatic rings. The summed E-state index contributed by atoms with van der Waals surface area (Å²) in [6.07, 6.45) is 3.46. The first kappa shape index (κ1) is 16.3. The third-order valence-electron chi connectivity index (χ3n) is 3.49. The van der Waals surface area contributed by atoms with Crippen LogP contribution >= 0.6 is 15.9 Å². The molecule has 0 bridgehead atoms. The minimum Gasteiger partial charge on any atom is -0.451 e. The van der Waals surface area contributed by atoms with Crippen molar-refractivity contribution < 1.29 is 18.7 Å². The van der Waals surface area contributed by atoms with E-state index in [0.29, 0.717) is 16.0 Å². The smallest absolute Gasteiger partial charge is 0.331 e. The zero-order chi connectivity index (χ0) is 17.1. The van der Waals surface area contributed by atoms with E-state index in [-0.39, 0.29) is 5.78 Å². The molecule has 0 saturated heterocycles. The van der Waals surface area contributed by atoms with E-state index >= 15 is 0 Å². The fourth-order valence-electron chi connectivity index (χ4n) is 2.33. The first-order chi connectivity index (χ1) is 11.5. The summed E-state index contributed by atoms with van der Waals surface area (Å²) < 4.78 is 11.0. The largest absolute Gasteiger partial charge is 0.451 e. The number of carbonyl (C=O) groups is 2. The monoisotopic (exact) mass is 387 g/mol. The minimum absolute atomic E-state index is 0.255. The van der Waals surface area contributed by atoms with E-state index in [0.717, 1.165) is 10.9 Å². The molecule has 1 atom stereocenters. The van der Waals surface area contributed by atoms with Crippen molar-refractivity contribution in [2.45, 2.75) is 13.0 Å². The standard InChI is InChI=1S/C18H14BrNO4/c1-11(23-17(21)9-7-12-6-8-16(19)24-12)18(22)14-10-20-15-5-3-2-4-13(14)15/h2-11,20H,1H3/b9-7+. The molecule has 0 fully saturated rings. The average molecular weight is 388 g/mol. The predicted octanol–water partition coefficient (Wildman–Crippen LogP) is 4.35. The first-order valence-corrected chi connectivity index (χ1v) is 8.08. The molecular formula is C18H14BrNO4. The van der Waals surface area contributed by atoms with Gasteiger partial charge in [-0.1, -0.05) is 18.2 Å². The lowest BCUT2D eigenvalue weighted by Crippen LogP contribution is -2.23. The van der Waals surface area contributed by atoms with Gasteiger partial charge in [-0.3, -0.25) is 4.79 Å². The molecule has 122 valence electrons. The van der Waals surface area contributed by atoms with Crippen molar-refractivity contribution in [1.29, 1.82) is 0 Å². The second-order valence-corrected chi connectivity index (χ2v) is 5.95. The van der Waals surface area contributed by atoms with Crippen molar-refractivity contribution in [1.82, 2.24) is 4.98 Å². The Bertz CT molecular complexity index is 922. The summed E-state index contributed by atoms with van der Waals surface area (Å²) in [6.45, 7) is 1.55. The van der Waals surface area contributed by atoms with Crippen LogP contribution in [-0.4, -0.2) is 22.8 Å². The van der Waals surface area contributed by atoms with Crippen molar-refractivity contribution in [2.24, 2.45) is 0 Å². The number of benzene rings is 1. The molecule has 1 aromatic carbocycles. The van der Waals surface area contributed by atoms with Crippen LogP contribution in [0.25, 0.3) is 17.0 Å². The molecule has 0 saturated carbocycles. The average Bonchev–Trinajstić information content (AvgIpc) is 3.18. The summed E-state index contributed by atoms with van der Waals surface area (Å²) in [4.78, 5) is 27.4. The lowest BCUT2D eigenvalue weighted by atomic mass is 10.1. The van der Waals surface area contributed by atoms with Gasteiger partial charge in [0.05, 0.1) is 0 Å². The van der Waals surface area contributed by atoms with Crippen LogP contribution in [0.4, 0.5) is 0 Å². The van der Waals surface area contributed by atoms with E-state index in [9.17, 15) is 9.59 Å². The zero-order valence-corrected chi connectivity index (χ0v) is 14.4. The third-order valence-corrected chi connectivity index (χ3v) is 3.92. The van der Waals surface area contributed by atoms with E-state index in [1.54, 1.807) is 25.3 Å². The highest BCUT2D eigenvalue weighted by atomic mass is 79.9. The highest BCUT2D eigenvalue weighted by Gasteiger charge is 2.21. The molecule has 1 N–H and O–H groups in total. The van der Waals surface area contributed by atoms with Gasteiger partial charge in [0.1, 0.15) is 5.76 Å². The van der Waals surface area contributed by atoms with Gasteiger partial charge in [0.15, 0.2) is 10.8 Å². The van der Waals surface area contributed by atoms with Crippen molar-refractivity contribution in [2.75, 3.05) is 0 Å². The maximum atomic E-state index is 12.5. The Kier molecular flexibility index (Phi) is 4.66. The topological polar surface area (TPSA) is 72.3 Å². The Morgan fingerprint density at radius 1 is 1.25 bits per heavy atom. The number of esters is 1. The zero-order valence-electron chi connectivity index (χ0n) is 12.8. The molecule has 3 aromatic rings. The quantitative estimate of drug-likeness (QED) is 0.401. The number of hydrogen-bond donors (Lipinski definition) is 1. The van der Waals surface area contributed by atoms with E-state index < -0.39 is 12.1 Å². The SMILES string of the molecule is CC(OC(=O)/C=C/c1ccc(Br)o1)C(=O)c1c[nH]c2ccccc12. The van der Waals surface area contributed by atoms with Crippen molar-refractivity contribution in [3.8, 4) is 0 Å². The number of ether oxygens (including phenoxy) is 1. The molecular weight excluding hydrogens is 374 g/mol. The summed E-state index contributed by atoms with van der Waals surface area (Å²) in [5.41, 5.74) is 1.37. The molecule has 6 heteroatoms. The molecule has 5 nitrogen and oxygen atoms in total. The number of halogens is 1. The summed E-state index contributed by atoms with van der Waals surface area (Å²) in [6, 6.07) is 10.9. The number of Topliss-reactive ketones (excluding diaryl/α,β-unsaturated/α-hetero) is 1. The Morgan fingerprint density at radius 2 is 2.04 bits per heavy atom. The number of para-hydroxylation sites is 1. The molecule has 0 amide bonds. The molecule has 1 unspecified atom stereocenters. The number of aromatic nitrogens is 1. The number of aromatic amines is 1. The molecule has 0 aliphatic carbocycles. The lowest BCUT2D eigenvalue weighted by Gasteiger charge is -2.10. The second kappa shape index (κ2) is 6.88. The fourth-order valence-corrected chi connectivity index (χ4v) is 2.65. The molecule has 3 rings (SSSR count). The number of fused-ring (bicyclic) bond motifs is 1. The van der Waals surface area contributed by atoms with E-state index in [2.05, 4.69) is 20.9 Å². The highest BCUT2D eigenvalue weighted by Crippen LogP contribution is 2.20. The van der Waals surface area contributed by atoms with Crippen LogP contribution in [0.15, 0.2) is 57.8 Å². The Hall–Kier alpha value is -2.60. The van der Waals surface area contributed by atoms with Crippen LogP contribution in [0, 0.1) is 0 Å². The van der Waals surface area contributed by atoms with Gasteiger partial charge in [0.2, 0.25) is 5.78 Å². The van der Waals surface area contributed by atoms with E-state index in [1.807, 2.05) is 24.3 Å². The number of rotatable bonds is 5. The van der Waals surface area contributed by atoms with Crippen LogP contribution in [0.5, 0.6) is 0 Å². The van der Waals surface area contributed by atoms with Gasteiger partial charge in [-0.25, -0.2) is 4.79 Å². The number of carbonyl (C=O) groups excluding carboxylic acids is 2. The number of furan rings is 1. The number of ketones is 1. The van der Waals surface area contributed by atoms with Crippen LogP contribution in [0.3, 0.4) is 0 Å². The first-order valence-electron chi connectivity index (χ1n) is 7.29. The van der Waals surface area contributed by atoms with Gasteiger partial charge in [0.25, 0.3) is 0 Å². The van der Waals surface area contributed by atoms with E-state index in [1.165, 1.54) is 12.2 Å². The van der Waals surface area contributed by atoms with E-state index in [4.69, 9.17) is 9.15 Å². The van der Waals surface area contributed by atoms with Gasteiger partial charge in [-0.15, -0.1) is 0 Å². The molecule has 2 aromatic heterocycles. The molecule has 2 heterocycles.